The number of guanidine groups is 1. The van der Waals surface area contributed by atoms with Gasteiger partial charge >= 0.3 is 0 Å². The van der Waals surface area contributed by atoms with Crippen LogP contribution in [-0.4, -0.2) is 31.1 Å². The third-order valence-corrected chi connectivity index (χ3v) is 5.46. The molecule has 0 radical (unpaired) electrons. The summed E-state index contributed by atoms with van der Waals surface area (Å²) in [6, 6.07) is 21.3. The Kier molecular flexibility index (Phi) is 6.88. The largest absolute Gasteiger partial charge is 0.356 e. The van der Waals surface area contributed by atoms with Crippen LogP contribution in [0, 0.1) is 0 Å². The van der Waals surface area contributed by atoms with E-state index in [1.54, 1.807) is 0 Å². The Morgan fingerprint density at radius 2 is 1.79 bits per heavy atom. The highest BCUT2D eigenvalue weighted by Crippen LogP contribution is 2.47. The summed E-state index contributed by atoms with van der Waals surface area (Å²) in [6.07, 6.45) is 5.25. The Labute approximate surface area is 183 Å². The zero-order valence-electron chi connectivity index (χ0n) is 16.2. The molecule has 1 heterocycles. The van der Waals surface area contributed by atoms with Crippen LogP contribution in [0.25, 0.3) is 10.9 Å². The van der Waals surface area contributed by atoms with Gasteiger partial charge < -0.3 is 10.6 Å². The second-order valence-electron chi connectivity index (χ2n) is 7.24. The van der Waals surface area contributed by atoms with E-state index >= 15 is 0 Å². The van der Waals surface area contributed by atoms with Crippen LogP contribution >= 0.6 is 24.0 Å². The van der Waals surface area contributed by atoms with Crippen molar-refractivity contribution in [2.45, 2.75) is 24.7 Å². The number of fused-ring (bicyclic) bond motifs is 1. The first-order valence-electron chi connectivity index (χ1n) is 9.63. The smallest absolute Gasteiger partial charge is 0.191 e. The van der Waals surface area contributed by atoms with Gasteiger partial charge in [0.15, 0.2) is 5.96 Å². The molecular weight excluding hydrogens is 459 g/mol. The first-order chi connectivity index (χ1) is 13.3. The molecule has 2 N–H and O–H groups in total. The van der Waals surface area contributed by atoms with Crippen molar-refractivity contribution in [3.63, 3.8) is 0 Å². The molecule has 1 fully saturated rings. The van der Waals surface area contributed by atoms with Gasteiger partial charge in [0.05, 0.1) is 5.52 Å². The molecule has 1 aliphatic carbocycles. The fourth-order valence-corrected chi connectivity index (χ4v) is 3.67. The normalized spacial score (nSPS) is 15.0. The van der Waals surface area contributed by atoms with Gasteiger partial charge in [-0.05, 0) is 36.5 Å². The van der Waals surface area contributed by atoms with Crippen molar-refractivity contribution >= 4 is 40.8 Å². The molecular formula is C23H27IN4. The highest BCUT2D eigenvalue weighted by Gasteiger charge is 2.43. The van der Waals surface area contributed by atoms with E-state index in [0.29, 0.717) is 0 Å². The van der Waals surface area contributed by atoms with Crippen molar-refractivity contribution < 1.29 is 0 Å². The minimum atomic E-state index is 0. The Morgan fingerprint density at radius 1 is 1.00 bits per heavy atom. The van der Waals surface area contributed by atoms with Crippen molar-refractivity contribution in [3.8, 4) is 0 Å². The van der Waals surface area contributed by atoms with E-state index in [9.17, 15) is 0 Å². The zero-order valence-corrected chi connectivity index (χ0v) is 18.5. The van der Waals surface area contributed by atoms with Gasteiger partial charge in [0.25, 0.3) is 0 Å². The number of benzene rings is 2. The lowest BCUT2D eigenvalue weighted by Crippen LogP contribution is -2.42. The highest BCUT2D eigenvalue weighted by molar-refractivity contribution is 14.0. The number of aromatic nitrogens is 1. The van der Waals surface area contributed by atoms with E-state index in [4.69, 9.17) is 0 Å². The summed E-state index contributed by atoms with van der Waals surface area (Å²) in [4.78, 5) is 8.92. The summed E-state index contributed by atoms with van der Waals surface area (Å²) in [7, 11) is 1.83. The monoisotopic (exact) mass is 486 g/mol. The van der Waals surface area contributed by atoms with Crippen molar-refractivity contribution in [1.29, 1.82) is 0 Å². The Balaban J connectivity index is 0.00000225. The molecule has 1 aromatic heterocycles. The summed E-state index contributed by atoms with van der Waals surface area (Å²) in [5, 5.41) is 8.15. The van der Waals surface area contributed by atoms with E-state index < -0.39 is 0 Å². The van der Waals surface area contributed by atoms with Crippen LogP contribution < -0.4 is 10.6 Å². The lowest BCUT2D eigenvalue weighted by Gasteiger charge is -2.19. The number of nitrogens with zero attached hydrogens (tertiary/aromatic N) is 2. The molecule has 0 atom stereocenters. The molecule has 4 nitrogen and oxygen atoms in total. The van der Waals surface area contributed by atoms with Gasteiger partial charge in [0.1, 0.15) is 0 Å². The summed E-state index contributed by atoms with van der Waals surface area (Å²) in [6.45, 7) is 1.75. The third kappa shape index (κ3) is 4.63. The summed E-state index contributed by atoms with van der Waals surface area (Å²) < 4.78 is 0. The number of hydrogen-bond donors (Lipinski definition) is 2. The molecule has 0 amide bonds. The standard InChI is InChI=1S/C23H26N4.HI/c1-24-22(27-17-23(13-14-23)20-10-3-2-4-11-20)26-16-12-19-8-5-7-18-9-6-15-25-21(18)19;/h2-11,15H,12-14,16-17H2,1H3,(H2,24,26,27);1H. The molecule has 4 rings (SSSR count). The van der Waals surface area contributed by atoms with Gasteiger partial charge in [-0.25, -0.2) is 0 Å². The molecule has 0 unspecified atom stereocenters. The van der Waals surface area contributed by atoms with Crippen molar-refractivity contribution in [2.75, 3.05) is 20.1 Å². The molecule has 3 aromatic rings. The van der Waals surface area contributed by atoms with Gasteiger partial charge in [-0.15, -0.1) is 24.0 Å². The maximum atomic E-state index is 4.54. The van der Waals surface area contributed by atoms with E-state index in [1.165, 1.54) is 29.4 Å². The number of aliphatic imine (C=N–C) groups is 1. The minimum Gasteiger partial charge on any atom is -0.356 e. The number of para-hydroxylation sites is 1. The predicted octanol–water partition coefficient (Wildman–Crippen LogP) is 4.29. The van der Waals surface area contributed by atoms with Crippen LogP contribution in [-0.2, 0) is 11.8 Å². The van der Waals surface area contributed by atoms with Crippen molar-refractivity contribution in [1.82, 2.24) is 15.6 Å². The average molecular weight is 486 g/mol. The fraction of sp³-hybridized carbons (Fsp3) is 0.304. The van der Waals surface area contributed by atoms with Crippen LogP contribution in [0.4, 0.5) is 0 Å². The molecule has 1 aliphatic rings. The lowest BCUT2D eigenvalue weighted by atomic mass is 9.96. The summed E-state index contributed by atoms with van der Waals surface area (Å²) >= 11 is 0. The van der Waals surface area contributed by atoms with Crippen LogP contribution in [0.2, 0.25) is 0 Å². The molecule has 0 saturated heterocycles. The fourth-order valence-electron chi connectivity index (χ4n) is 3.67. The average Bonchev–Trinajstić information content (AvgIpc) is 3.52. The van der Waals surface area contributed by atoms with Gasteiger partial charge in [0, 0.05) is 37.1 Å². The maximum Gasteiger partial charge on any atom is 0.191 e. The van der Waals surface area contributed by atoms with Crippen LogP contribution in [0.5, 0.6) is 0 Å². The first kappa shape index (κ1) is 20.6. The zero-order chi connectivity index (χ0) is 18.5. The molecule has 5 heteroatoms. The molecule has 146 valence electrons. The maximum absolute atomic E-state index is 4.54. The topological polar surface area (TPSA) is 49.3 Å². The van der Waals surface area contributed by atoms with Crippen molar-refractivity contribution in [3.05, 3.63) is 78.0 Å². The molecule has 1 saturated carbocycles. The SMILES string of the molecule is CN=C(NCCc1cccc2cccnc12)NCC1(c2ccccc2)CC1.I. The minimum absolute atomic E-state index is 0. The van der Waals surface area contributed by atoms with E-state index in [1.807, 2.05) is 19.3 Å². The number of halogens is 1. The second kappa shape index (κ2) is 9.37. The summed E-state index contributed by atoms with van der Waals surface area (Å²) in [5.74, 6) is 0.866. The van der Waals surface area contributed by atoms with E-state index in [-0.39, 0.29) is 29.4 Å². The summed E-state index contributed by atoms with van der Waals surface area (Å²) in [5.41, 5.74) is 4.05. The van der Waals surface area contributed by atoms with E-state index in [2.05, 4.69) is 75.2 Å². The Hall–Kier alpha value is -2.15. The number of pyridine rings is 1. The highest BCUT2D eigenvalue weighted by atomic mass is 127. The lowest BCUT2D eigenvalue weighted by molar-refractivity contribution is 0.645. The number of hydrogen-bond acceptors (Lipinski definition) is 2. The second-order valence-corrected chi connectivity index (χ2v) is 7.24. The third-order valence-electron chi connectivity index (χ3n) is 5.46. The van der Waals surface area contributed by atoms with Crippen LogP contribution in [0.3, 0.4) is 0 Å². The molecule has 28 heavy (non-hydrogen) atoms. The van der Waals surface area contributed by atoms with E-state index in [0.717, 1.165) is 31.0 Å². The van der Waals surface area contributed by atoms with Gasteiger partial charge in [-0.3, -0.25) is 9.98 Å². The van der Waals surface area contributed by atoms with Gasteiger partial charge in [-0.1, -0.05) is 54.6 Å². The van der Waals surface area contributed by atoms with Crippen LogP contribution in [0.15, 0.2) is 71.9 Å². The van der Waals surface area contributed by atoms with Crippen molar-refractivity contribution in [2.24, 2.45) is 4.99 Å². The molecule has 0 bridgehead atoms. The van der Waals surface area contributed by atoms with Gasteiger partial charge in [-0.2, -0.15) is 0 Å². The predicted molar refractivity (Wildman–Crippen MR) is 128 cm³/mol. The Morgan fingerprint density at radius 3 is 2.54 bits per heavy atom. The molecule has 0 spiro atoms. The van der Waals surface area contributed by atoms with Gasteiger partial charge in [0.2, 0.25) is 0 Å². The number of nitrogens with one attached hydrogen (secondary N) is 2. The molecule has 2 aromatic carbocycles. The first-order valence-corrected chi connectivity index (χ1v) is 9.63. The molecule has 0 aliphatic heterocycles. The quantitative estimate of drug-likeness (QED) is 0.311. The van der Waals surface area contributed by atoms with Crippen LogP contribution in [0.1, 0.15) is 24.0 Å². The number of rotatable bonds is 6. The Bertz CT molecular complexity index is 930.